The zero-order valence-corrected chi connectivity index (χ0v) is 22.0. The zero-order chi connectivity index (χ0) is 26.3. The van der Waals surface area contributed by atoms with Crippen LogP contribution >= 0.6 is 23.1 Å². The van der Waals surface area contributed by atoms with Crippen molar-refractivity contribution < 1.29 is 28.6 Å². The van der Waals surface area contributed by atoms with E-state index < -0.39 is 23.1 Å². The van der Waals surface area contributed by atoms with Gasteiger partial charge in [0, 0.05) is 16.4 Å². The molecule has 5 rings (SSSR count). The number of thiazole rings is 1. The normalized spacial score (nSPS) is 20.4. The van der Waals surface area contributed by atoms with Crippen molar-refractivity contribution in [2.24, 2.45) is 5.92 Å². The highest BCUT2D eigenvalue weighted by Crippen LogP contribution is 2.55. The Balaban J connectivity index is 1.65. The van der Waals surface area contributed by atoms with Crippen molar-refractivity contribution in [3.8, 4) is 11.5 Å². The summed E-state index contributed by atoms with van der Waals surface area (Å²) in [6.07, 6.45) is 0. The molecule has 0 saturated carbocycles. The average molecular weight is 541 g/mol. The quantitative estimate of drug-likeness (QED) is 0.332. The second kappa shape index (κ2) is 10.1. The first kappa shape index (κ1) is 25.1. The van der Waals surface area contributed by atoms with Crippen molar-refractivity contribution in [1.82, 2.24) is 4.57 Å². The van der Waals surface area contributed by atoms with Gasteiger partial charge in [0.25, 0.3) is 0 Å². The first-order valence-electron chi connectivity index (χ1n) is 11.6. The number of carbonyl (C=O) groups is 3. The van der Waals surface area contributed by atoms with Crippen molar-refractivity contribution in [2.45, 2.75) is 29.7 Å². The maximum atomic E-state index is 13.9. The Morgan fingerprint density at radius 3 is 2.38 bits per heavy atom. The van der Waals surface area contributed by atoms with Crippen LogP contribution in [0.4, 0.5) is 5.69 Å². The van der Waals surface area contributed by atoms with E-state index in [1.807, 2.05) is 18.2 Å². The van der Waals surface area contributed by atoms with Gasteiger partial charge < -0.3 is 14.2 Å². The minimum atomic E-state index is -0.792. The minimum Gasteiger partial charge on any atom is -0.497 e. The fourth-order valence-corrected chi connectivity index (χ4v) is 7.60. The summed E-state index contributed by atoms with van der Waals surface area (Å²) in [5.74, 6) is -1.51. The van der Waals surface area contributed by atoms with Crippen LogP contribution in [0.25, 0.3) is 0 Å². The van der Waals surface area contributed by atoms with Crippen molar-refractivity contribution in [3.63, 3.8) is 0 Å². The van der Waals surface area contributed by atoms with Crippen LogP contribution in [0.15, 0.2) is 58.4 Å². The van der Waals surface area contributed by atoms with Gasteiger partial charge in [-0.15, -0.1) is 0 Å². The highest BCUT2D eigenvalue weighted by Gasteiger charge is 2.57. The third kappa shape index (κ3) is 4.21. The summed E-state index contributed by atoms with van der Waals surface area (Å²) in [6.45, 7) is 1.61. The number of fused-ring (bicyclic) bond motifs is 2. The molecule has 2 amide bonds. The molecule has 2 aliphatic rings. The number of esters is 1. The number of anilines is 1. The van der Waals surface area contributed by atoms with Crippen LogP contribution < -0.4 is 19.2 Å². The molecule has 9 nitrogen and oxygen atoms in total. The Morgan fingerprint density at radius 1 is 0.973 bits per heavy atom. The number of carbonyl (C=O) groups excluding carboxylic acids is 3. The van der Waals surface area contributed by atoms with Crippen LogP contribution in [0.2, 0.25) is 0 Å². The van der Waals surface area contributed by atoms with Gasteiger partial charge in [-0.05, 0) is 37.3 Å². The molecule has 11 heteroatoms. The highest BCUT2D eigenvalue weighted by molar-refractivity contribution is 8.00. The lowest BCUT2D eigenvalue weighted by atomic mass is 9.82. The fraction of sp³-hybridized carbons (Fsp3) is 0.308. The first-order chi connectivity index (χ1) is 17.9. The van der Waals surface area contributed by atoms with Gasteiger partial charge in [0.2, 0.25) is 11.8 Å². The van der Waals surface area contributed by atoms with E-state index in [1.165, 1.54) is 16.6 Å². The van der Waals surface area contributed by atoms with Crippen LogP contribution in [-0.4, -0.2) is 48.4 Å². The molecule has 0 radical (unpaired) electrons. The summed E-state index contributed by atoms with van der Waals surface area (Å²) < 4.78 is 17.2. The molecular weight excluding hydrogens is 516 g/mol. The van der Waals surface area contributed by atoms with E-state index in [0.717, 1.165) is 23.1 Å². The average Bonchev–Trinajstić information content (AvgIpc) is 3.35. The van der Waals surface area contributed by atoms with Gasteiger partial charge in [0.15, 0.2) is 0 Å². The molecule has 2 aliphatic heterocycles. The van der Waals surface area contributed by atoms with Crippen molar-refractivity contribution in [2.75, 3.05) is 25.7 Å². The molecule has 1 fully saturated rings. The molecule has 3 atom stereocenters. The maximum absolute atomic E-state index is 13.9. The number of benzene rings is 2. The standard InChI is InChI=1S/C26H24N2O7S2/c1-4-35-18(29)13-27-25-22(37-26(27)32)19(16-7-5-6-8-17(16)34-3)20-21(36-25)24(31)28(23(20)30)14-9-11-15(33-2)12-10-14/h5-12,19-21H,4,13H2,1-3H3/t19-,20-,21+/m0/s1. The summed E-state index contributed by atoms with van der Waals surface area (Å²) >= 11 is 2.13. The monoisotopic (exact) mass is 540 g/mol. The predicted octanol–water partition coefficient (Wildman–Crippen LogP) is 3.29. The van der Waals surface area contributed by atoms with Gasteiger partial charge in [-0.2, -0.15) is 0 Å². The van der Waals surface area contributed by atoms with Crippen LogP contribution in [0.1, 0.15) is 23.3 Å². The molecule has 192 valence electrons. The molecule has 0 aliphatic carbocycles. The molecule has 0 bridgehead atoms. The Bertz CT molecular complexity index is 1430. The number of methoxy groups -OCH3 is 2. The third-order valence-electron chi connectivity index (χ3n) is 6.45. The lowest BCUT2D eigenvalue weighted by Gasteiger charge is -2.31. The Kier molecular flexibility index (Phi) is 6.82. The zero-order valence-electron chi connectivity index (χ0n) is 20.3. The molecule has 2 aromatic carbocycles. The summed E-state index contributed by atoms with van der Waals surface area (Å²) in [5.41, 5.74) is 1.14. The number of ether oxygens (including phenoxy) is 3. The van der Waals surface area contributed by atoms with Crippen LogP contribution in [-0.2, 0) is 25.7 Å². The molecule has 0 N–H and O–H groups in total. The maximum Gasteiger partial charge on any atom is 0.326 e. The summed E-state index contributed by atoms with van der Waals surface area (Å²) in [6, 6.07) is 14.0. The largest absolute Gasteiger partial charge is 0.497 e. The van der Waals surface area contributed by atoms with E-state index in [4.69, 9.17) is 14.2 Å². The smallest absolute Gasteiger partial charge is 0.326 e. The SMILES string of the molecule is CCOC(=O)Cn1c2c(sc1=O)[C@@H](c1ccccc1OC)[C@@H]1C(=O)N(c3ccc(OC)cc3)C(=O)[C@@H]1S2. The van der Waals surface area contributed by atoms with Gasteiger partial charge in [-0.3, -0.25) is 23.7 Å². The van der Waals surface area contributed by atoms with E-state index >= 15 is 0 Å². The number of amides is 2. The Labute approximate surface area is 220 Å². The van der Waals surface area contributed by atoms with E-state index in [9.17, 15) is 19.2 Å². The predicted molar refractivity (Wildman–Crippen MR) is 139 cm³/mol. The number of imide groups is 1. The van der Waals surface area contributed by atoms with E-state index in [2.05, 4.69) is 0 Å². The van der Waals surface area contributed by atoms with Crippen LogP contribution in [0.5, 0.6) is 11.5 Å². The van der Waals surface area contributed by atoms with Crippen molar-refractivity contribution in [3.05, 3.63) is 68.6 Å². The number of thioether (sulfide) groups is 1. The molecule has 3 aromatic rings. The van der Waals surface area contributed by atoms with Crippen molar-refractivity contribution in [1.29, 1.82) is 0 Å². The molecular formula is C26H24N2O7S2. The molecule has 1 saturated heterocycles. The number of rotatable bonds is 7. The van der Waals surface area contributed by atoms with E-state index in [-0.39, 0.29) is 29.8 Å². The summed E-state index contributed by atoms with van der Waals surface area (Å²) in [4.78, 5) is 54.5. The van der Waals surface area contributed by atoms with Gasteiger partial charge in [-0.1, -0.05) is 41.3 Å². The number of hydrogen-bond acceptors (Lipinski definition) is 9. The number of aromatic nitrogens is 1. The fourth-order valence-electron chi connectivity index (χ4n) is 4.84. The van der Waals surface area contributed by atoms with Crippen LogP contribution in [0.3, 0.4) is 0 Å². The Hall–Kier alpha value is -3.57. The van der Waals surface area contributed by atoms with Gasteiger partial charge in [0.05, 0.1) is 37.5 Å². The Morgan fingerprint density at radius 2 is 1.70 bits per heavy atom. The first-order valence-corrected chi connectivity index (χ1v) is 13.3. The van der Waals surface area contributed by atoms with Gasteiger partial charge >= 0.3 is 10.8 Å². The number of para-hydroxylation sites is 1. The van der Waals surface area contributed by atoms with E-state index in [0.29, 0.717) is 32.7 Å². The molecule has 37 heavy (non-hydrogen) atoms. The highest BCUT2D eigenvalue weighted by atomic mass is 32.2. The second-order valence-corrected chi connectivity index (χ2v) is 10.5. The summed E-state index contributed by atoms with van der Waals surface area (Å²) in [5, 5.41) is -0.294. The lowest BCUT2D eigenvalue weighted by Crippen LogP contribution is -2.33. The molecule has 0 spiro atoms. The second-order valence-electron chi connectivity index (χ2n) is 8.42. The van der Waals surface area contributed by atoms with E-state index in [1.54, 1.807) is 44.4 Å². The van der Waals surface area contributed by atoms with Gasteiger partial charge in [0.1, 0.15) is 23.3 Å². The van der Waals surface area contributed by atoms with Gasteiger partial charge in [-0.25, -0.2) is 4.90 Å². The number of hydrogen-bond donors (Lipinski definition) is 0. The lowest BCUT2D eigenvalue weighted by molar-refractivity contribution is -0.144. The van der Waals surface area contributed by atoms with Crippen molar-refractivity contribution >= 4 is 46.6 Å². The molecule has 0 unspecified atom stereocenters. The molecule has 3 heterocycles. The topological polar surface area (TPSA) is 104 Å². The third-order valence-corrected chi connectivity index (χ3v) is 9.05. The number of nitrogens with zero attached hydrogens (tertiary/aromatic N) is 2. The minimum absolute atomic E-state index is 0.186. The molecule has 1 aromatic heterocycles. The van der Waals surface area contributed by atoms with Crippen LogP contribution in [0, 0.1) is 5.92 Å². The summed E-state index contributed by atoms with van der Waals surface area (Å²) in [7, 11) is 3.08.